The lowest BCUT2D eigenvalue weighted by Gasteiger charge is -2.47. The van der Waals surface area contributed by atoms with Crippen molar-refractivity contribution in [3.63, 3.8) is 0 Å². The highest BCUT2D eigenvalue weighted by Crippen LogP contribution is 2.50. The van der Waals surface area contributed by atoms with E-state index in [-0.39, 0.29) is 106 Å². The van der Waals surface area contributed by atoms with Gasteiger partial charge in [0.05, 0.1) is 70.4 Å². The van der Waals surface area contributed by atoms with Gasteiger partial charge in [-0.05, 0) is 191 Å². The molecule has 0 aromatic heterocycles. The Kier molecular flexibility index (Phi) is 17.1. The third-order valence-electron chi connectivity index (χ3n) is 20.2. The summed E-state index contributed by atoms with van der Waals surface area (Å²) in [5.41, 5.74) is 24.3. The summed E-state index contributed by atoms with van der Waals surface area (Å²) in [6, 6.07) is -6.40. The highest BCUT2D eigenvalue weighted by atomic mass is 16.6. The molecule has 4 aromatic rings. The molecule has 0 amide bonds. The van der Waals surface area contributed by atoms with E-state index in [1.807, 2.05) is 0 Å². The van der Waals surface area contributed by atoms with Crippen molar-refractivity contribution in [2.45, 2.75) is 260 Å². The zero-order valence-corrected chi connectivity index (χ0v) is 70.9. The molecule has 0 radical (unpaired) electrons. The van der Waals surface area contributed by atoms with E-state index in [0.29, 0.717) is 52.3 Å². The third-order valence-corrected chi connectivity index (χ3v) is 20.2. The fraction of sp³-hybridized carbons (Fsp3) is 0.708. The van der Waals surface area contributed by atoms with Crippen molar-refractivity contribution in [3.05, 3.63) is 93.0 Å². The topological polar surface area (TPSA) is 296 Å². The molecule has 672 valence electrons. The molecule has 120 heavy (non-hydrogen) atoms. The molecule has 12 rings (SSSR count). The normalized spacial score (nSPS) is 42.9. The van der Waals surface area contributed by atoms with Crippen LogP contribution in [0, 0.1) is 70.8 Å². The van der Waals surface area contributed by atoms with Crippen LogP contribution in [0.3, 0.4) is 0 Å². The Morgan fingerprint density at radius 2 is 0.583 bits per heavy atom. The maximum atomic E-state index is 13.2. The van der Waals surface area contributed by atoms with E-state index in [0.717, 1.165) is 38.2 Å². The second kappa shape index (κ2) is 43.9. The number of piperidine rings is 4. The van der Waals surface area contributed by atoms with Crippen molar-refractivity contribution in [1.82, 2.24) is 19.6 Å². The van der Waals surface area contributed by atoms with Gasteiger partial charge in [-0.15, -0.1) is 0 Å². The van der Waals surface area contributed by atoms with E-state index in [1.165, 1.54) is 86.5 Å². The zero-order valence-electron chi connectivity index (χ0n) is 124. The average Bonchev–Trinajstić information content (AvgIpc) is 0.655. The Morgan fingerprint density at radius 1 is 0.367 bits per heavy atom. The van der Waals surface area contributed by atoms with Crippen molar-refractivity contribution >= 4 is 23.9 Å². The first-order chi connectivity index (χ1) is 77.3. The Bertz CT molecular complexity index is 6360. The van der Waals surface area contributed by atoms with Crippen LogP contribution in [-0.4, -0.2) is 201 Å². The van der Waals surface area contributed by atoms with Crippen molar-refractivity contribution in [2.75, 3.05) is 109 Å². The minimum atomic E-state index is -3.79. The Balaban J connectivity index is 0.000000253. The predicted octanol–water partition coefficient (Wildman–Crippen LogP) is 14.3. The summed E-state index contributed by atoms with van der Waals surface area (Å²) < 4.78 is 522. The Labute approximate surface area is 793 Å². The molecule has 8 heterocycles. The zero-order chi connectivity index (χ0) is 135. The summed E-state index contributed by atoms with van der Waals surface area (Å²) in [5, 5.41) is 0. The van der Waals surface area contributed by atoms with Gasteiger partial charge < -0.3 is 79.8 Å². The molecule has 4 fully saturated rings. The molecule has 8 N–H and O–H groups in total. The first-order valence-corrected chi connectivity index (χ1v) is 39.0. The number of benzene rings is 4. The number of rotatable bonds is 28. The molecule has 17 unspecified atom stereocenters. The molecule has 8 aliphatic heterocycles. The third kappa shape index (κ3) is 23.8. The van der Waals surface area contributed by atoms with E-state index in [1.54, 1.807) is 33.8 Å². The molecule has 0 spiro atoms. The second-order valence-electron chi connectivity index (χ2n) is 30.4. The molecule has 4 saturated heterocycles. The van der Waals surface area contributed by atoms with E-state index in [4.69, 9.17) is 126 Å². The maximum Gasteiger partial charge on any atom is 0.323 e. The summed E-state index contributed by atoms with van der Waals surface area (Å²) in [7, 11) is 1.89. The van der Waals surface area contributed by atoms with E-state index < -0.39 is 305 Å². The van der Waals surface area contributed by atoms with Crippen molar-refractivity contribution < 1.29 is 149 Å². The average molecular weight is 1730 g/mol. The van der Waals surface area contributed by atoms with Gasteiger partial charge in [-0.25, -0.2) is 0 Å². The van der Waals surface area contributed by atoms with Crippen LogP contribution in [0.4, 0.5) is 0 Å². The molecule has 21 atom stereocenters. The van der Waals surface area contributed by atoms with Crippen LogP contribution in [-0.2, 0) is 63.8 Å². The number of fused-ring (bicyclic) bond motifs is 12. The molecule has 0 saturated carbocycles. The highest BCUT2D eigenvalue weighted by molar-refractivity contribution is 5.77. The van der Waals surface area contributed by atoms with Gasteiger partial charge in [0, 0.05) is 184 Å². The molecule has 0 bridgehead atoms. The Morgan fingerprint density at radius 3 is 0.817 bits per heavy atom. The number of carbonyl (C=O) groups is 4. The van der Waals surface area contributed by atoms with Crippen molar-refractivity contribution in [1.29, 1.82) is 0 Å². The molecule has 24 nitrogen and oxygen atoms in total. The lowest BCUT2D eigenvalue weighted by molar-refractivity contribution is -0.161. The van der Waals surface area contributed by atoms with Gasteiger partial charge >= 0.3 is 23.9 Å². The summed E-state index contributed by atoms with van der Waals surface area (Å²) in [6.45, 7) is -14.2. The molecular formula is C96H152N8O16. The van der Waals surface area contributed by atoms with Crippen LogP contribution in [0.5, 0.6) is 46.0 Å². The summed E-state index contributed by atoms with van der Waals surface area (Å²) in [5.74, 6) is -35.1. The quantitative estimate of drug-likeness (QED) is 0.0303. The fourth-order valence-electron chi connectivity index (χ4n) is 13.4. The van der Waals surface area contributed by atoms with Gasteiger partial charge in [-0.3, -0.25) is 38.8 Å². The van der Waals surface area contributed by atoms with Gasteiger partial charge in [0.1, 0.15) is 48.6 Å². The maximum absolute atomic E-state index is 13.2. The number of esters is 4. The van der Waals surface area contributed by atoms with E-state index >= 15 is 0 Å². The highest BCUT2D eigenvalue weighted by Gasteiger charge is 2.47. The number of ether oxygens (including phenoxy) is 12. The largest absolute Gasteiger partial charge is 0.493 e. The number of carbonyl (C=O) groups excluding carboxylic acids is 4. The monoisotopic (exact) mass is 1730 g/mol. The summed E-state index contributed by atoms with van der Waals surface area (Å²) in [4.78, 5) is 55.3. The minimum absolute atomic E-state index is 0.00504. The SMILES string of the molecule is [2H]C([2H])([2H])C([2H])(C)C([2H])([2H])C1([2H])C(OC(=O)[C@@H](N)C(C)C)C([2H])([2H])C2([2H])c3cc(OC)c(OC)cc3CCN2C1([2H])[2H].[2H]C([2H])([2H])Oc1cc2c(cc1OC)C1([2H])N(CC2)C([2H])([2H])C([2H])(C([2H])([2H])C([2H])(C)C([2H])([2H])[2H])C(OC(=O)[C@@H](N)C(C)C)C1([2H])[2H].[2H]C([2H])([2H])Oc1cc2c(cc1OC)C1([2H])N(CC2)C([2H])([2H])C([2H])(C([2H])([2H])C([2H])(C)C([2H])([2H])[2H])C(OC(=O)[C@@H](N)C(C)C)C1([2H])[2H].[2H]C1C(OC(=O)[C@@H](N)C(C)C)C([2H])(C([2H])([2H])C([2H])(C)C([2H])([2H])[2H])C([2H])([2H])N2CCc3cc(OC)c(OC)cc3C12[2H]. The molecular weight excluding hydrogens is 1520 g/mol. The lowest BCUT2D eigenvalue weighted by atomic mass is 9.79. The Hall–Kier alpha value is -7.16. The van der Waals surface area contributed by atoms with Crippen LogP contribution in [0.15, 0.2) is 48.5 Å². The molecule has 8 aliphatic rings. The predicted molar refractivity (Wildman–Crippen MR) is 471 cm³/mol. The molecule has 24 heteroatoms. The van der Waals surface area contributed by atoms with Crippen molar-refractivity contribution in [2.24, 2.45) is 93.8 Å². The van der Waals surface area contributed by atoms with Gasteiger partial charge in [-0.2, -0.15) is 0 Å². The van der Waals surface area contributed by atoms with Crippen molar-refractivity contribution in [3.8, 4) is 46.0 Å². The summed E-state index contributed by atoms with van der Waals surface area (Å²) in [6.07, 6.45) is -38.2. The standard InChI is InChI=1S/4C24H38N2O4/c4*1-14(2)9-17-13-26-8-7-16-10-21(28-5)22(29-6)11-18(16)19(26)12-20(17)30-24(27)23(25)15(3)4/h4*10-11,14-15,17,19-20,23H,7-9,12-13,25H2,1-6H3/t4*17?,19?,20?,23-/m0000/s1/i2*1D3,5D3,9D2,12D2,13D2,14D,17D,19D;1D3,9D2,12D2,13D2,14D,17D,19D;1D3,9D2,12D,13D2,14D,17D,19D/t3*14?,17?,19?,20?,23-;12?,14?,17?,19?,20?,23-. The second-order valence-corrected chi connectivity index (χ2v) is 30.4. The number of nitrogens with two attached hydrogens (primary N) is 4. The first-order valence-electron chi connectivity index (χ1n) is 65.6. The first kappa shape index (κ1) is 46.7. The number of hydrogen-bond donors (Lipinski definition) is 4. The van der Waals surface area contributed by atoms with Crippen LogP contribution in [0.1, 0.15) is 303 Å². The number of hydrogen-bond acceptors (Lipinski definition) is 24. The number of methoxy groups -OCH3 is 8. The molecule has 4 aromatic carbocycles. The molecule has 0 aliphatic carbocycles. The van der Waals surface area contributed by atoms with Gasteiger partial charge in [-0.1, -0.05) is 110 Å². The van der Waals surface area contributed by atoms with Crippen LogP contribution < -0.4 is 60.8 Å². The lowest BCUT2D eigenvalue weighted by Crippen LogP contribution is -2.51. The van der Waals surface area contributed by atoms with Crippen LogP contribution in [0.25, 0.3) is 0 Å². The van der Waals surface area contributed by atoms with Gasteiger partial charge in [0.25, 0.3) is 0 Å². The summed E-state index contributed by atoms with van der Waals surface area (Å²) >= 11 is 0. The van der Waals surface area contributed by atoms with E-state index in [9.17, 15) is 45.2 Å². The van der Waals surface area contributed by atoms with Crippen LogP contribution in [0.2, 0.25) is 0 Å². The van der Waals surface area contributed by atoms with Crippen LogP contribution >= 0.6 is 0 Å². The van der Waals surface area contributed by atoms with E-state index in [2.05, 4.69) is 0 Å². The smallest absolute Gasteiger partial charge is 0.323 e. The minimum Gasteiger partial charge on any atom is -0.493 e. The van der Waals surface area contributed by atoms with Gasteiger partial charge in [0.2, 0.25) is 0 Å². The fourth-order valence-corrected chi connectivity index (χ4v) is 13.4. The number of nitrogens with zero attached hydrogens (tertiary/aromatic N) is 4. The van der Waals surface area contributed by atoms with Gasteiger partial charge in [0.15, 0.2) is 46.0 Å².